The Morgan fingerprint density at radius 3 is 2.79 bits per heavy atom. The van der Waals surface area contributed by atoms with Crippen LogP contribution in [0.5, 0.6) is 0 Å². The molecule has 0 amide bonds. The Bertz CT molecular complexity index is 412. The van der Waals surface area contributed by atoms with Crippen LogP contribution in [0, 0.1) is 0 Å². The quantitative estimate of drug-likeness (QED) is 0.872. The van der Waals surface area contributed by atoms with Gasteiger partial charge in [0.05, 0.1) is 13.2 Å². The summed E-state index contributed by atoms with van der Waals surface area (Å²) in [5.74, 6) is 2.24. The predicted octanol–water partition coefficient (Wildman–Crippen LogP) is 1.35. The molecule has 5 nitrogen and oxygen atoms in total. The van der Waals surface area contributed by atoms with Gasteiger partial charge in [-0.25, -0.2) is 0 Å². The number of hydrogen-bond acceptors (Lipinski definition) is 4. The fraction of sp³-hybridized carbons (Fsp3) is 0.857. The summed E-state index contributed by atoms with van der Waals surface area (Å²) < 4.78 is 2.29. The summed E-state index contributed by atoms with van der Waals surface area (Å²) >= 11 is 0. The summed E-state index contributed by atoms with van der Waals surface area (Å²) in [4.78, 5) is 2.40. The van der Waals surface area contributed by atoms with Gasteiger partial charge in [0.1, 0.15) is 11.6 Å². The average molecular weight is 264 g/mol. The molecule has 5 heteroatoms. The maximum Gasteiger partial charge on any atom is 0.147 e. The van der Waals surface area contributed by atoms with E-state index in [4.69, 9.17) is 0 Å². The average Bonchev–Trinajstić information content (AvgIpc) is 3.08. The van der Waals surface area contributed by atoms with Crippen LogP contribution in [0.1, 0.15) is 50.2 Å². The third-order valence-electron chi connectivity index (χ3n) is 4.51. The van der Waals surface area contributed by atoms with E-state index < -0.39 is 0 Å². The maximum absolute atomic E-state index is 9.28. The smallest absolute Gasteiger partial charge is 0.147 e. The molecule has 1 aromatic heterocycles. The van der Waals surface area contributed by atoms with Crippen molar-refractivity contribution in [1.82, 2.24) is 19.7 Å². The first kappa shape index (κ1) is 13.1. The van der Waals surface area contributed by atoms with Crippen LogP contribution in [0.15, 0.2) is 0 Å². The molecule has 1 aliphatic heterocycles. The fourth-order valence-corrected chi connectivity index (χ4v) is 3.46. The topological polar surface area (TPSA) is 54.2 Å². The molecular formula is C14H24N4O. The van der Waals surface area contributed by atoms with Crippen molar-refractivity contribution in [2.24, 2.45) is 0 Å². The number of aliphatic hydroxyl groups excluding tert-OH is 1. The highest BCUT2D eigenvalue weighted by Crippen LogP contribution is 2.25. The molecule has 0 bridgehead atoms. The van der Waals surface area contributed by atoms with Crippen molar-refractivity contribution in [2.75, 3.05) is 13.2 Å². The normalized spacial score (nSPS) is 20.1. The van der Waals surface area contributed by atoms with Gasteiger partial charge in [0.2, 0.25) is 0 Å². The van der Waals surface area contributed by atoms with Gasteiger partial charge in [-0.3, -0.25) is 4.90 Å². The van der Waals surface area contributed by atoms with Crippen molar-refractivity contribution in [1.29, 1.82) is 0 Å². The van der Waals surface area contributed by atoms with E-state index in [0.717, 1.165) is 37.7 Å². The predicted molar refractivity (Wildman–Crippen MR) is 72.7 cm³/mol. The van der Waals surface area contributed by atoms with Gasteiger partial charge in [-0.2, -0.15) is 0 Å². The van der Waals surface area contributed by atoms with E-state index >= 15 is 0 Å². The van der Waals surface area contributed by atoms with Gasteiger partial charge >= 0.3 is 0 Å². The van der Waals surface area contributed by atoms with Crippen molar-refractivity contribution in [3.05, 3.63) is 11.6 Å². The van der Waals surface area contributed by atoms with E-state index in [1.165, 1.54) is 38.5 Å². The lowest BCUT2D eigenvalue weighted by Crippen LogP contribution is -2.36. The van der Waals surface area contributed by atoms with Crippen LogP contribution in [-0.2, 0) is 19.5 Å². The minimum absolute atomic E-state index is 0.234. The van der Waals surface area contributed by atoms with Crippen molar-refractivity contribution >= 4 is 0 Å². The summed E-state index contributed by atoms with van der Waals surface area (Å²) in [5, 5.41) is 18.0. The summed E-state index contributed by atoms with van der Waals surface area (Å²) in [6.07, 6.45) is 8.72. The molecule has 19 heavy (non-hydrogen) atoms. The molecular weight excluding hydrogens is 240 g/mol. The molecule has 2 aliphatic rings. The fourth-order valence-electron chi connectivity index (χ4n) is 3.46. The standard InChI is InChI=1S/C14H24N4O/c19-10-9-17(12-5-1-2-6-12)11-14-16-15-13-7-3-4-8-18(13)14/h12,19H,1-11H2. The van der Waals surface area contributed by atoms with Crippen LogP contribution in [-0.4, -0.2) is 44.0 Å². The molecule has 0 unspecified atom stereocenters. The van der Waals surface area contributed by atoms with Crippen molar-refractivity contribution in [3.8, 4) is 0 Å². The molecule has 2 heterocycles. The van der Waals surface area contributed by atoms with Gasteiger partial charge in [-0.1, -0.05) is 12.8 Å². The largest absolute Gasteiger partial charge is 0.395 e. The Morgan fingerprint density at radius 1 is 1.16 bits per heavy atom. The highest BCUT2D eigenvalue weighted by atomic mass is 16.3. The molecule has 106 valence electrons. The zero-order valence-corrected chi connectivity index (χ0v) is 11.6. The lowest BCUT2D eigenvalue weighted by atomic mass is 10.1. The first-order chi connectivity index (χ1) is 9.38. The Labute approximate surface area is 114 Å². The number of aliphatic hydroxyl groups is 1. The highest BCUT2D eigenvalue weighted by Gasteiger charge is 2.25. The Hall–Kier alpha value is -0.940. The maximum atomic E-state index is 9.28. The first-order valence-electron chi connectivity index (χ1n) is 7.64. The van der Waals surface area contributed by atoms with E-state index in [0.29, 0.717) is 6.04 Å². The minimum atomic E-state index is 0.234. The molecule has 3 rings (SSSR count). The zero-order chi connectivity index (χ0) is 13.1. The first-order valence-corrected chi connectivity index (χ1v) is 7.64. The van der Waals surface area contributed by atoms with Crippen LogP contribution in [0.25, 0.3) is 0 Å². The van der Waals surface area contributed by atoms with E-state index in [9.17, 15) is 5.11 Å². The lowest BCUT2D eigenvalue weighted by molar-refractivity contribution is 0.140. The van der Waals surface area contributed by atoms with E-state index in [1.54, 1.807) is 0 Å². The van der Waals surface area contributed by atoms with Gasteiger partial charge in [-0.05, 0) is 25.7 Å². The van der Waals surface area contributed by atoms with E-state index in [2.05, 4.69) is 19.7 Å². The van der Waals surface area contributed by atoms with Crippen molar-refractivity contribution in [3.63, 3.8) is 0 Å². The van der Waals surface area contributed by atoms with Crippen LogP contribution >= 0.6 is 0 Å². The third kappa shape index (κ3) is 2.82. The number of fused-ring (bicyclic) bond motifs is 1. The number of hydrogen-bond donors (Lipinski definition) is 1. The monoisotopic (exact) mass is 264 g/mol. The van der Waals surface area contributed by atoms with E-state index in [1.807, 2.05) is 0 Å². The number of nitrogens with zero attached hydrogens (tertiary/aromatic N) is 4. The highest BCUT2D eigenvalue weighted by molar-refractivity contribution is 4.99. The molecule has 1 aliphatic carbocycles. The summed E-state index contributed by atoms with van der Waals surface area (Å²) in [7, 11) is 0. The van der Waals surface area contributed by atoms with Gasteiger partial charge in [0.25, 0.3) is 0 Å². The lowest BCUT2D eigenvalue weighted by Gasteiger charge is -2.28. The summed E-state index contributed by atoms with van der Waals surface area (Å²) in [5.41, 5.74) is 0. The van der Waals surface area contributed by atoms with Crippen LogP contribution in [0.4, 0.5) is 0 Å². The van der Waals surface area contributed by atoms with Gasteiger partial charge in [0, 0.05) is 25.6 Å². The Morgan fingerprint density at radius 2 is 2.00 bits per heavy atom. The minimum Gasteiger partial charge on any atom is -0.395 e. The molecule has 1 saturated carbocycles. The Balaban J connectivity index is 1.72. The van der Waals surface area contributed by atoms with E-state index in [-0.39, 0.29) is 6.61 Å². The molecule has 1 fully saturated rings. The van der Waals surface area contributed by atoms with Crippen LogP contribution < -0.4 is 0 Å². The molecule has 0 atom stereocenters. The number of aryl methyl sites for hydroxylation is 1. The SMILES string of the molecule is OCCN(Cc1nnc2n1CCCC2)C1CCCC1. The van der Waals surface area contributed by atoms with Crippen LogP contribution in [0.3, 0.4) is 0 Å². The van der Waals surface area contributed by atoms with Gasteiger partial charge in [0.15, 0.2) is 0 Å². The summed E-state index contributed by atoms with van der Waals surface area (Å²) in [6, 6.07) is 0.628. The second kappa shape index (κ2) is 6.01. The molecule has 0 spiro atoms. The van der Waals surface area contributed by atoms with Crippen LogP contribution in [0.2, 0.25) is 0 Å². The summed E-state index contributed by atoms with van der Waals surface area (Å²) in [6.45, 7) is 2.90. The second-order valence-corrected chi connectivity index (χ2v) is 5.77. The Kier molecular flexibility index (Phi) is 4.13. The van der Waals surface area contributed by atoms with Gasteiger partial charge in [-0.15, -0.1) is 10.2 Å². The second-order valence-electron chi connectivity index (χ2n) is 5.77. The third-order valence-corrected chi connectivity index (χ3v) is 4.51. The van der Waals surface area contributed by atoms with Gasteiger partial charge < -0.3 is 9.67 Å². The molecule has 1 N–H and O–H groups in total. The van der Waals surface area contributed by atoms with Crippen molar-refractivity contribution in [2.45, 2.75) is 64.1 Å². The molecule has 0 aromatic carbocycles. The van der Waals surface area contributed by atoms with Crippen molar-refractivity contribution < 1.29 is 5.11 Å². The zero-order valence-electron chi connectivity index (χ0n) is 11.6. The molecule has 0 radical (unpaired) electrons. The number of rotatable bonds is 5. The molecule has 0 saturated heterocycles. The molecule has 1 aromatic rings. The number of aromatic nitrogens is 3.